The highest BCUT2D eigenvalue weighted by molar-refractivity contribution is 4.99. The normalized spacial score (nSPS) is 34.8. The summed E-state index contributed by atoms with van der Waals surface area (Å²) in [7, 11) is 0. The molecule has 0 bridgehead atoms. The van der Waals surface area contributed by atoms with Crippen molar-refractivity contribution in [1.29, 1.82) is 0 Å². The number of rotatable bonds is 2. The Bertz CT molecular complexity index is 259. The van der Waals surface area contributed by atoms with Crippen LogP contribution in [0, 0.1) is 0 Å². The van der Waals surface area contributed by atoms with Crippen LogP contribution in [0.1, 0.15) is 58.8 Å². The molecule has 2 saturated heterocycles. The number of hydrogen-bond donors (Lipinski definition) is 1. The van der Waals surface area contributed by atoms with Crippen LogP contribution in [0.15, 0.2) is 0 Å². The number of likely N-dealkylation sites (tertiary alicyclic amines) is 1. The van der Waals surface area contributed by atoms with E-state index in [1.165, 1.54) is 45.2 Å². The number of nitrogens with two attached hydrogens (primary N) is 1. The van der Waals surface area contributed by atoms with Gasteiger partial charge in [0, 0.05) is 18.7 Å². The van der Waals surface area contributed by atoms with Crippen LogP contribution in [0.3, 0.4) is 0 Å². The topological polar surface area (TPSA) is 38.5 Å². The Balaban J connectivity index is 2.08. The third-order valence-electron chi connectivity index (χ3n) is 4.72. The highest BCUT2D eigenvalue weighted by atomic mass is 16.5. The molecule has 2 aliphatic rings. The molecule has 0 amide bonds. The van der Waals surface area contributed by atoms with Gasteiger partial charge in [-0.25, -0.2) is 0 Å². The number of ether oxygens (including phenoxy) is 1. The van der Waals surface area contributed by atoms with E-state index in [4.69, 9.17) is 10.5 Å². The molecular formula is C15H30N2O. The summed E-state index contributed by atoms with van der Waals surface area (Å²) in [5.74, 6) is 0. The van der Waals surface area contributed by atoms with E-state index in [-0.39, 0.29) is 11.1 Å². The maximum atomic E-state index is 6.18. The minimum absolute atomic E-state index is 0.0139. The SMILES string of the molecule is CC1(C)CC(CN)(N2CCCCCCC2)CCO1. The molecule has 3 nitrogen and oxygen atoms in total. The van der Waals surface area contributed by atoms with Crippen molar-refractivity contribution in [2.24, 2.45) is 5.73 Å². The van der Waals surface area contributed by atoms with Crippen molar-refractivity contribution in [2.45, 2.75) is 69.9 Å². The van der Waals surface area contributed by atoms with Crippen LogP contribution in [0.4, 0.5) is 0 Å². The van der Waals surface area contributed by atoms with Crippen molar-refractivity contribution in [2.75, 3.05) is 26.2 Å². The molecule has 3 heteroatoms. The summed E-state index contributed by atoms with van der Waals surface area (Å²) in [5.41, 5.74) is 6.36. The Morgan fingerprint density at radius 3 is 2.22 bits per heavy atom. The predicted molar refractivity (Wildman–Crippen MR) is 75.7 cm³/mol. The fourth-order valence-electron chi connectivity index (χ4n) is 3.74. The van der Waals surface area contributed by atoms with Gasteiger partial charge in [0.05, 0.1) is 5.60 Å². The minimum Gasteiger partial charge on any atom is -0.375 e. The molecule has 1 atom stereocenters. The fraction of sp³-hybridized carbons (Fsp3) is 1.00. The van der Waals surface area contributed by atoms with Crippen molar-refractivity contribution in [3.05, 3.63) is 0 Å². The van der Waals surface area contributed by atoms with E-state index in [9.17, 15) is 0 Å². The van der Waals surface area contributed by atoms with E-state index >= 15 is 0 Å². The van der Waals surface area contributed by atoms with Crippen molar-refractivity contribution in [1.82, 2.24) is 4.90 Å². The fourth-order valence-corrected chi connectivity index (χ4v) is 3.74. The Labute approximate surface area is 112 Å². The monoisotopic (exact) mass is 254 g/mol. The van der Waals surface area contributed by atoms with Crippen LogP contribution < -0.4 is 5.73 Å². The second-order valence-corrected chi connectivity index (χ2v) is 6.72. The molecule has 0 radical (unpaired) electrons. The molecule has 0 spiro atoms. The Hall–Kier alpha value is -0.120. The summed E-state index contributed by atoms with van der Waals surface area (Å²) in [4.78, 5) is 2.69. The number of hydrogen-bond acceptors (Lipinski definition) is 3. The van der Waals surface area contributed by atoms with Crippen LogP contribution in [0.2, 0.25) is 0 Å². The Kier molecular flexibility index (Phi) is 4.68. The lowest BCUT2D eigenvalue weighted by molar-refractivity contribution is -0.119. The lowest BCUT2D eigenvalue weighted by Crippen LogP contribution is -2.61. The number of nitrogens with zero attached hydrogens (tertiary/aromatic N) is 1. The first-order valence-corrected chi connectivity index (χ1v) is 7.67. The Morgan fingerprint density at radius 1 is 1.06 bits per heavy atom. The molecule has 0 saturated carbocycles. The van der Waals surface area contributed by atoms with Crippen LogP contribution in [0.25, 0.3) is 0 Å². The van der Waals surface area contributed by atoms with Crippen molar-refractivity contribution in [3.8, 4) is 0 Å². The van der Waals surface area contributed by atoms with Crippen LogP contribution in [-0.4, -0.2) is 42.3 Å². The van der Waals surface area contributed by atoms with Gasteiger partial charge >= 0.3 is 0 Å². The first-order chi connectivity index (χ1) is 8.58. The minimum atomic E-state index is -0.0139. The summed E-state index contributed by atoms with van der Waals surface area (Å²) < 4.78 is 5.89. The third kappa shape index (κ3) is 3.25. The lowest BCUT2D eigenvalue weighted by atomic mass is 9.79. The molecule has 2 rings (SSSR count). The highest BCUT2D eigenvalue weighted by Gasteiger charge is 2.43. The summed E-state index contributed by atoms with van der Waals surface area (Å²) in [5, 5.41) is 0. The van der Waals surface area contributed by atoms with Gasteiger partial charge in [0.25, 0.3) is 0 Å². The standard InChI is InChI=1S/C15H30N2O/c1-14(2)12-15(13-16,8-11-18-14)17-9-6-4-3-5-7-10-17/h3-13,16H2,1-2H3. The third-order valence-corrected chi connectivity index (χ3v) is 4.72. The van der Waals surface area contributed by atoms with E-state index in [2.05, 4.69) is 18.7 Å². The maximum absolute atomic E-state index is 6.18. The maximum Gasteiger partial charge on any atom is 0.0644 e. The molecule has 1 unspecified atom stereocenters. The zero-order valence-electron chi connectivity index (χ0n) is 12.2. The highest BCUT2D eigenvalue weighted by Crippen LogP contribution is 2.36. The Morgan fingerprint density at radius 2 is 1.67 bits per heavy atom. The molecule has 2 heterocycles. The largest absolute Gasteiger partial charge is 0.375 e. The first kappa shape index (κ1) is 14.3. The van der Waals surface area contributed by atoms with Crippen molar-refractivity contribution >= 4 is 0 Å². The van der Waals surface area contributed by atoms with Crippen LogP contribution in [-0.2, 0) is 4.74 Å². The molecular weight excluding hydrogens is 224 g/mol. The zero-order chi connectivity index (χ0) is 13.1. The molecule has 0 aromatic rings. The van der Waals surface area contributed by atoms with Crippen molar-refractivity contribution < 1.29 is 4.74 Å². The molecule has 0 aromatic heterocycles. The molecule has 2 aliphatic heterocycles. The van der Waals surface area contributed by atoms with Crippen LogP contribution >= 0.6 is 0 Å². The molecule has 106 valence electrons. The van der Waals surface area contributed by atoms with Gasteiger partial charge in [-0.2, -0.15) is 0 Å². The lowest BCUT2D eigenvalue weighted by Gasteiger charge is -2.51. The summed E-state index contributed by atoms with van der Waals surface area (Å²) in [6.45, 7) is 8.52. The summed E-state index contributed by atoms with van der Waals surface area (Å²) >= 11 is 0. The molecule has 0 aromatic carbocycles. The quantitative estimate of drug-likeness (QED) is 0.823. The van der Waals surface area contributed by atoms with Gasteiger partial charge in [0.2, 0.25) is 0 Å². The van der Waals surface area contributed by atoms with Gasteiger partial charge in [0.1, 0.15) is 0 Å². The first-order valence-electron chi connectivity index (χ1n) is 7.67. The van der Waals surface area contributed by atoms with E-state index in [0.29, 0.717) is 0 Å². The van der Waals surface area contributed by atoms with Gasteiger partial charge in [-0.3, -0.25) is 4.90 Å². The van der Waals surface area contributed by atoms with E-state index in [0.717, 1.165) is 26.0 Å². The predicted octanol–water partition coefficient (Wildman–Crippen LogP) is 2.54. The van der Waals surface area contributed by atoms with Gasteiger partial charge in [0.15, 0.2) is 0 Å². The van der Waals surface area contributed by atoms with Gasteiger partial charge in [-0.15, -0.1) is 0 Å². The van der Waals surface area contributed by atoms with Crippen molar-refractivity contribution in [3.63, 3.8) is 0 Å². The van der Waals surface area contributed by atoms with E-state index in [1.807, 2.05) is 0 Å². The van der Waals surface area contributed by atoms with Gasteiger partial charge in [-0.1, -0.05) is 19.3 Å². The van der Waals surface area contributed by atoms with Crippen LogP contribution in [0.5, 0.6) is 0 Å². The molecule has 2 N–H and O–H groups in total. The molecule has 0 aliphatic carbocycles. The van der Waals surface area contributed by atoms with Gasteiger partial charge in [-0.05, 0) is 52.6 Å². The average molecular weight is 254 g/mol. The average Bonchev–Trinajstić information content (AvgIpc) is 2.26. The molecule has 2 fully saturated rings. The summed E-state index contributed by atoms with van der Waals surface area (Å²) in [6, 6.07) is 0. The van der Waals surface area contributed by atoms with E-state index < -0.39 is 0 Å². The molecule has 18 heavy (non-hydrogen) atoms. The second-order valence-electron chi connectivity index (χ2n) is 6.72. The van der Waals surface area contributed by atoms with Gasteiger partial charge < -0.3 is 10.5 Å². The van der Waals surface area contributed by atoms with E-state index in [1.54, 1.807) is 0 Å². The second kappa shape index (κ2) is 5.89. The zero-order valence-corrected chi connectivity index (χ0v) is 12.2. The summed E-state index contributed by atoms with van der Waals surface area (Å²) in [6.07, 6.45) is 9.04. The smallest absolute Gasteiger partial charge is 0.0644 e.